The van der Waals surface area contributed by atoms with Crippen molar-refractivity contribution in [2.24, 2.45) is 0 Å². The number of hydrogen-bond acceptors (Lipinski definition) is 9. The van der Waals surface area contributed by atoms with Gasteiger partial charge in [-0.3, -0.25) is 15.6 Å². The molecule has 0 aliphatic carbocycles. The first-order valence-electron chi connectivity index (χ1n) is 10.5. The van der Waals surface area contributed by atoms with E-state index < -0.39 is 0 Å². The second-order valence-electron chi connectivity index (χ2n) is 7.44. The lowest BCUT2D eigenvalue weighted by Gasteiger charge is -2.37. The highest BCUT2D eigenvalue weighted by Crippen LogP contribution is 2.28. The van der Waals surface area contributed by atoms with Crippen LogP contribution in [0.5, 0.6) is 11.5 Å². The second-order valence-corrected chi connectivity index (χ2v) is 7.44. The molecular weight excluding hydrogens is 422 g/mol. The zero-order chi connectivity index (χ0) is 23.2. The van der Waals surface area contributed by atoms with Crippen LogP contribution in [0.25, 0.3) is 0 Å². The smallest absolute Gasteiger partial charge is 0.269 e. The van der Waals surface area contributed by atoms with Gasteiger partial charge in [-0.05, 0) is 48.5 Å². The van der Waals surface area contributed by atoms with E-state index in [1.54, 1.807) is 38.5 Å². The molecule has 0 spiro atoms. The van der Waals surface area contributed by atoms with E-state index in [0.29, 0.717) is 28.6 Å². The third kappa shape index (κ3) is 5.00. The van der Waals surface area contributed by atoms with Crippen LogP contribution in [0.2, 0.25) is 0 Å². The number of benzene rings is 2. The fraction of sp³-hybridized carbons (Fsp3) is 0.261. The summed E-state index contributed by atoms with van der Waals surface area (Å²) >= 11 is 0. The number of piperazine rings is 1. The number of hydrogen-bond donors (Lipinski definition) is 3. The van der Waals surface area contributed by atoms with Crippen LogP contribution in [0.15, 0.2) is 54.9 Å². The lowest BCUT2D eigenvalue weighted by molar-refractivity contribution is 0.0962. The third-order valence-corrected chi connectivity index (χ3v) is 5.53. The van der Waals surface area contributed by atoms with Crippen molar-refractivity contribution in [3.8, 4) is 11.5 Å². The first kappa shape index (κ1) is 22.0. The molecule has 1 aliphatic heterocycles. The Kier molecular flexibility index (Phi) is 6.63. The zero-order valence-corrected chi connectivity index (χ0v) is 18.6. The Balaban J connectivity index is 1.37. The van der Waals surface area contributed by atoms with Crippen molar-refractivity contribution in [3.05, 3.63) is 60.4 Å². The van der Waals surface area contributed by atoms with Crippen LogP contribution in [0, 0.1) is 0 Å². The first-order chi connectivity index (χ1) is 16.1. The summed E-state index contributed by atoms with van der Waals surface area (Å²) in [5.41, 5.74) is 13.8. The van der Waals surface area contributed by atoms with Crippen LogP contribution in [0.1, 0.15) is 10.4 Å². The van der Waals surface area contributed by atoms with E-state index in [-0.39, 0.29) is 5.91 Å². The fourth-order valence-corrected chi connectivity index (χ4v) is 3.64. The number of hydrazine groups is 1. The summed E-state index contributed by atoms with van der Waals surface area (Å²) in [6.45, 7) is 3.16. The van der Waals surface area contributed by atoms with Gasteiger partial charge in [-0.25, -0.2) is 9.97 Å². The maximum atomic E-state index is 12.4. The predicted octanol–water partition coefficient (Wildman–Crippen LogP) is 2.16. The van der Waals surface area contributed by atoms with Crippen LogP contribution in [0.4, 0.5) is 23.0 Å². The molecule has 4 N–H and O–H groups in total. The minimum atomic E-state index is -0.315. The number of anilines is 4. The van der Waals surface area contributed by atoms with Gasteiger partial charge in [0.15, 0.2) is 11.6 Å². The topological polar surface area (TPSA) is 118 Å². The van der Waals surface area contributed by atoms with Gasteiger partial charge in [-0.15, -0.1) is 0 Å². The van der Waals surface area contributed by atoms with Crippen molar-refractivity contribution in [3.63, 3.8) is 0 Å². The molecule has 1 fully saturated rings. The van der Waals surface area contributed by atoms with E-state index in [0.717, 1.165) is 37.6 Å². The minimum absolute atomic E-state index is 0.315. The third-order valence-electron chi connectivity index (χ3n) is 5.53. The summed E-state index contributed by atoms with van der Waals surface area (Å²) < 4.78 is 10.3. The number of carbonyl (C=O) groups is 1. The second kappa shape index (κ2) is 9.94. The Labute approximate surface area is 192 Å². The number of nitrogens with one attached hydrogen (secondary N) is 2. The summed E-state index contributed by atoms with van der Waals surface area (Å²) in [6, 6.07) is 14.8. The van der Waals surface area contributed by atoms with Crippen LogP contribution in [-0.2, 0) is 0 Å². The van der Waals surface area contributed by atoms with Gasteiger partial charge >= 0.3 is 0 Å². The molecule has 3 aromatic rings. The summed E-state index contributed by atoms with van der Waals surface area (Å²) in [4.78, 5) is 25.4. The van der Waals surface area contributed by atoms with Gasteiger partial charge in [-0.1, -0.05) is 0 Å². The molecule has 172 valence electrons. The van der Waals surface area contributed by atoms with Gasteiger partial charge in [0.05, 0.1) is 14.2 Å². The number of amides is 1. The number of nitrogen functional groups attached to an aromatic ring is 1. The minimum Gasteiger partial charge on any atom is -0.497 e. The van der Waals surface area contributed by atoms with Gasteiger partial charge in [0.1, 0.15) is 23.5 Å². The van der Waals surface area contributed by atoms with Gasteiger partial charge in [-0.2, -0.15) is 0 Å². The Morgan fingerprint density at radius 3 is 2.06 bits per heavy atom. The number of nitrogens with zero attached hydrogens (tertiary/aromatic N) is 4. The Morgan fingerprint density at radius 2 is 1.45 bits per heavy atom. The molecule has 0 atom stereocenters. The number of rotatable bonds is 7. The molecule has 33 heavy (non-hydrogen) atoms. The molecule has 10 heteroatoms. The molecular formula is C23H27N7O3. The van der Waals surface area contributed by atoms with Gasteiger partial charge < -0.3 is 25.0 Å². The van der Waals surface area contributed by atoms with E-state index >= 15 is 0 Å². The highest BCUT2D eigenvalue weighted by molar-refractivity contribution is 5.95. The van der Waals surface area contributed by atoms with Crippen molar-refractivity contribution in [1.82, 2.24) is 15.4 Å². The maximum Gasteiger partial charge on any atom is 0.269 e. The predicted molar refractivity (Wildman–Crippen MR) is 128 cm³/mol. The normalized spacial score (nSPS) is 13.4. The van der Waals surface area contributed by atoms with E-state index in [1.807, 2.05) is 12.1 Å². The first-order valence-corrected chi connectivity index (χ1v) is 10.5. The molecule has 2 heterocycles. The molecule has 1 amide bonds. The quantitative estimate of drug-likeness (QED) is 0.466. The maximum absolute atomic E-state index is 12.4. The summed E-state index contributed by atoms with van der Waals surface area (Å²) in [7, 11) is 3.23. The molecule has 1 aliphatic rings. The Bertz CT molecular complexity index is 1080. The lowest BCUT2D eigenvalue weighted by Crippen LogP contribution is -2.47. The Hall–Kier alpha value is -4.21. The molecule has 4 rings (SSSR count). The van der Waals surface area contributed by atoms with Crippen molar-refractivity contribution in [2.45, 2.75) is 0 Å². The molecule has 10 nitrogen and oxygen atoms in total. The molecule has 1 saturated heterocycles. The summed E-state index contributed by atoms with van der Waals surface area (Å²) in [6.07, 6.45) is 1.43. The van der Waals surface area contributed by atoms with Crippen LogP contribution in [0.3, 0.4) is 0 Å². The van der Waals surface area contributed by atoms with E-state index in [1.165, 1.54) is 6.33 Å². The van der Waals surface area contributed by atoms with Crippen molar-refractivity contribution < 1.29 is 14.3 Å². The monoisotopic (exact) mass is 449 g/mol. The number of ether oxygens (including phenoxy) is 2. The molecule has 0 radical (unpaired) electrons. The van der Waals surface area contributed by atoms with Crippen molar-refractivity contribution >= 4 is 28.9 Å². The van der Waals surface area contributed by atoms with Crippen molar-refractivity contribution in [2.75, 3.05) is 61.4 Å². The van der Waals surface area contributed by atoms with E-state index in [2.05, 4.69) is 42.8 Å². The average molecular weight is 450 g/mol. The van der Waals surface area contributed by atoms with Gasteiger partial charge in [0.25, 0.3) is 5.91 Å². The Morgan fingerprint density at radius 1 is 0.879 bits per heavy atom. The van der Waals surface area contributed by atoms with Crippen LogP contribution < -0.4 is 35.9 Å². The van der Waals surface area contributed by atoms with E-state index in [4.69, 9.17) is 15.2 Å². The number of aromatic nitrogens is 2. The fourth-order valence-electron chi connectivity index (χ4n) is 3.64. The molecule has 0 bridgehead atoms. The van der Waals surface area contributed by atoms with E-state index in [9.17, 15) is 4.79 Å². The van der Waals surface area contributed by atoms with Gasteiger partial charge in [0, 0.05) is 37.4 Å². The average Bonchev–Trinajstić information content (AvgIpc) is 2.88. The zero-order valence-electron chi connectivity index (χ0n) is 18.6. The standard InChI is InChI=1S/C23H27N7O3/c1-32-18-7-3-16(4-8-18)23(31)28-27-21-20(24)22(26-15-25-21)30-13-11-29(12-14-30)17-5-9-19(33-2)10-6-17/h3-10,15H,11-14,24H2,1-2H3,(H,28,31)(H,25,26,27). The SMILES string of the molecule is COc1ccc(C(=O)NNc2ncnc(N3CCN(c4ccc(OC)cc4)CC3)c2N)cc1. The highest BCUT2D eigenvalue weighted by Gasteiger charge is 2.22. The molecule has 0 unspecified atom stereocenters. The molecule has 1 aromatic heterocycles. The van der Waals surface area contributed by atoms with Crippen molar-refractivity contribution in [1.29, 1.82) is 0 Å². The number of nitrogens with two attached hydrogens (primary N) is 1. The van der Waals surface area contributed by atoms with Crippen LogP contribution >= 0.6 is 0 Å². The largest absolute Gasteiger partial charge is 0.497 e. The molecule has 2 aromatic carbocycles. The van der Waals surface area contributed by atoms with Gasteiger partial charge in [0.2, 0.25) is 0 Å². The lowest BCUT2D eigenvalue weighted by atomic mass is 10.2. The molecule has 0 saturated carbocycles. The number of methoxy groups -OCH3 is 2. The van der Waals surface area contributed by atoms with Crippen LogP contribution in [-0.4, -0.2) is 56.3 Å². The highest BCUT2D eigenvalue weighted by atomic mass is 16.5. The number of carbonyl (C=O) groups excluding carboxylic acids is 1. The summed E-state index contributed by atoms with van der Waals surface area (Å²) in [5, 5.41) is 0. The summed E-state index contributed by atoms with van der Waals surface area (Å²) in [5.74, 6) is 2.19.